The third kappa shape index (κ3) is 11.2. The second-order valence-electron chi connectivity index (χ2n) is 7.70. The number of carboxylic acid groups (broad SMARTS) is 5. The van der Waals surface area contributed by atoms with Crippen molar-refractivity contribution in [3.05, 3.63) is 39.9 Å². The number of benzene rings is 1. The van der Waals surface area contributed by atoms with E-state index in [-0.39, 0.29) is 25.2 Å². The standard InChI is InChI=1S/C20H26N4O12/c25-16(26)9-21(10-17(27)28)5-6-22(20(33)34)8-15(23(11-18(29)30)12-19(31)32)7-13-1-3-14(4-2-13)24(35)36/h1-4,15H,5-12H2,(H,25,26)(H,27,28)(H,29,30)(H,31,32)(H,33,34). The van der Waals surface area contributed by atoms with Crippen LogP contribution in [0, 0.1) is 10.1 Å². The lowest BCUT2D eigenvalue weighted by molar-refractivity contribution is -0.384. The quantitative estimate of drug-likeness (QED) is 0.129. The molecule has 0 saturated carbocycles. The normalized spacial score (nSPS) is 11.7. The van der Waals surface area contributed by atoms with Crippen LogP contribution in [-0.4, -0.2) is 127 Å². The summed E-state index contributed by atoms with van der Waals surface area (Å²) >= 11 is 0. The molecule has 0 heterocycles. The average Bonchev–Trinajstić information content (AvgIpc) is 2.73. The smallest absolute Gasteiger partial charge is 0.407 e. The fraction of sp³-hybridized carbons (Fsp3) is 0.450. The van der Waals surface area contributed by atoms with Crippen LogP contribution in [0.4, 0.5) is 10.5 Å². The molecule has 198 valence electrons. The maximum Gasteiger partial charge on any atom is 0.407 e. The Bertz CT molecular complexity index is 936. The Kier molecular flexibility index (Phi) is 11.7. The first-order valence-electron chi connectivity index (χ1n) is 10.3. The highest BCUT2D eigenvalue weighted by atomic mass is 16.6. The number of non-ortho nitro benzene ring substituents is 1. The van der Waals surface area contributed by atoms with Crippen LogP contribution >= 0.6 is 0 Å². The summed E-state index contributed by atoms with van der Waals surface area (Å²) in [5.74, 6) is -5.41. The van der Waals surface area contributed by atoms with Gasteiger partial charge in [0.15, 0.2) is 0 Å². The van der Waals surface area contributed by atoms with E-state index in [9.17, 15) is 49.4 Å². The van der Waals surface area contributed by atoms with E-state index < -0.39 is 73.7 Å². The van der Waals surface area contributed by atoms with Gasteiger partial charge in [0.05, 0.1) is 31.1 Å². The maximum absolute atomic E-state index is 11.9. The Hall–Kier alpha value is -4.31. The number of carbonyl (C=O) groups is 5. The highest BCUT2D eigenvalue weighted by molar-refractivity contribution is 5.73. The summed E-state index contributed by atoms with van der Waals surface area (Å²) in [6.45, 7) is -3.90. The lowest BCUT2D eigenvalue weighted by Gasteiger charge is -2.33. The number of nitro benzene ring substituents is 1. The monoisotopic (exact) mass is 514 g/mol. The zero-order chi connectivity index (χ0) is 27.4. The van der Waals surface area contributed by atoms with Crippen LogP contribution in [-0.2, 0) is 25.6 Å². The van der Waals surface area contributed by atoms with Crippen molar-refractivity contribution in [2.75, 3.05) is 45.8 Å². The predicted molar refractivity (Wildman–Crippen MR) is 119 cm³/mol. The number of amides is 1. The van der Waals surface area contributed by atoms with Crippen molar-refractivity contribution in [3.63, 3.8) is 0 Å². The van der Waals surface area contributed by atoms with Crippen molar-refractivity contribution in [1.29, 1.82) is 0 Å². The van der Waals surface area contributed by atoms with E-state index in [4.69, 9.17) is 10.2 Å². The molecule has 16 nitrogen and oxygen atoms in total. The van der Waals surface area contributed by atoms with Crippen LogP contribution in [0.1, 0.15) is 5.56 Å². The Labute approximate surface area is 203 Å². The molecule has 0 spiro atoms. The van der Waals surface area contributed by atoms with Crippen molar-refractivity contribution < 1.29 is 54.4 Å². The predicted octanol–water partition coefficient (Wildman–Crippen LogP) is -0.572. The number of rotatable bonds is 17. The van der Waals surface area contributed by atoms with Gasteiger partial charge in [-0.1, -0.05) is 12.1 Å². The fourth-order valence-electron chi connectivity index (χ4n) is 3.37. The molecule has 1 aromatic rings. The molecule has 1 amide bonds. The van der Waals surface area contributed by atoms with Crippen LogP contribution in [0.2, 0.25) is 0 Å². The number of nitrogens with zero attached hydrogens (tertiary/aromatic N) is 4. The maximum atomic E-state index is 11.9. The van der Waals surface area contributed by atoms with E-state index in [1.54, 1.807) is 0 Å². The third-order valence-corrected chi connectivity index (χ3v) is 4.92. The molecular formula is C20H26N4O12. The summed E-state index contributed by atoms with van der Waals surface area (Å²) in [5, 5.41) is 56.9. The zero-order valence-corrected chi connectivity index (χ0v) is 18.9. The Morgan fingerprint density at radius 2 is 1.25 bits per heavy atom. The Morgan fingerprint density at radius 3 is 1.64 bits per heavy atom. The molecule has 0 aliphatic rings. The van der Waals surface area contributed by atoms with Gasteiger partial charge in [-0.25, -0.2) is 4.79 Å². The van der Waals surface area contributed by atoms with Gasteiger partial charge in [0.1, 0.15) is 0 Å². The molecule has 1 atom stereocenters. The first-order valence-corrected chi connectivity index (χ1v) is 10.3. The number of hydrogen-bond acceptors (Lipinski definition) is 9. The van der Waals surface area contributed by atoms with E-state index in [1.165, 1.54) is 24.3 Å². The lowest BCUT2D eigenvalue weighted by Crippen LogP contribution is -2.51. The third-order valence-electron chi connectivity index (χ3n) is 4.92. The minimum absolute atomic E-state index is 0.0731. The first-order chi connectivity index (χ1) is 16.8. The molecular weight excluding hydrogens is 488 g/mol. The molecule has 36 heavy (non-hydrogen) atoms. The minimum atomic E-state index is -1.49. The second-order valence-corrected chi connectivity index (χ2v) is 7.70. The molecule has 0 radical (unpaired) electrons. The first kappa shape index (κ1) is 29.7. The SMILES string of the molecule is O=C(O)CN(CCN(CC(Cc1ccc([N+](=O)[O-])cc1)N(CC(=O)O)CC(=O)O)C(=O)O)CC(=O)O. The summed E-state index contributed by atoms with van der Waals surface area (Å²) in [6, 6.07) is 4.11. The van der Waals surface area contributed by atoms with Gasteiger partial charge in [-0.3, -0.25) is 39.1 Å². The largest absolute Gasteiger partial charge is 0.480 e. The molecule has 0 aliphatic carbocycles. The van der Waals surface area contributed by atoms with Crippen LogP contribution in [0.15, 0.2) is 24.3 Å². The molecule has 0 aliphatic heterocycles. The molecule has 0 saturated heterocycles. The van der Waals surface area contributed by atoms with Crippen LogP contribution < -0.4 is 0 Å². The van der Waals surface area contributed by atoms with Gasteiger partial charge in [-0.15, -0.1) is 0 Å². The summed E-state index contributed by atoms with van der Waals surface area (Å²) in [5.41, 5.74) is 0.224. The highest BCUT2D eigenvalue weighted by Gasteiger charge is 2.28. The molecule has 0 aromatic heterocycles. The van der Waals surface area contributed by atoms with Gasteiger partial charge >= 0.3 is 30.0 Å². The van der Waals surface area contributed by atoms with E-state index >= 15 is 0 Å². The molecule has 1 unspecified atom stereocenters. The summed E-state index contributed by atoms with van der Waals surface area (Å²) in [4.78, 5) is 69.6. The van der Waals surface area contributed by atoms with Gasteiger partial charge in [-0.05, 0) is 12.0 Å². The van der Waals surface area contributed by atoms with E-state index in [2.05, 4.69) is 0 Å². The van der Waals surface area contributed by atoms with Gasteiger partial charge in [0, 0.05) is 37.8 Å². The van der Waals surface area contributed by atoms with Crippen LogP contribution in [0.5, 0.6) is 0 Å². The zero-order valence-electron chi connectivity index (χ0n) is 18.9. The van der Waals surface area contributed by atoms with Gasteiger partial charge in [-0.2, -0.15) is 0 Å². The Balaban J connectivity index is 3.20. The van der Waals surface area contributed by atoms with Crippen LogP contribution in [0.3, 0.4) is 0 Å². The summed E-state index contributed by atoms with van der Waals surface area (Å²) in [6.07, 6.45) is -1.56. The second kappa shape index (κ2) is 14.2. The lowest BCUT2D eigenvalue weighted by atomic mass is 10.0. The molecule has 1 rings (SSSR count). The topological polar surface area (TPSA) is 239 Å². The molecule has 0 bridgehead atoms. The van der Waals surface area contributed by atoms with Crippen molar-refractivity contribution in [1.82, 2.24) is 14.7 Å². The summed E-state index contributed by atoms with van der Waals surface area (Å²) < 4.78 is 0. The van der Waals surface area contributed by atoms with Crippen molar-refractivity contribution in [2.45, 2.75) is 12.5 Å². The van der Waals surface area contributed by atoms with E-state index in [0.717, 1.165) is 14.7 Å². The highest BCUT2D eigenvalue weighted by Crippen LogP contribution is 2.16. The number of nitro groups is 1. The van der Waals surface area contributed by atoms with E-state index in [0.29, 0.717) is 5.56 Å². The minimum Gasteiger partial charge on any atom is -0.480 e. The number of aliphatic carboxylic acids is 4. The molecule has 0 fully saturated rings. The van der Waals surface area contributed by atoms with Gasteiger partial charge in [0.25, 0.3) is 5.69 Å². The van der Waals surface area contributed by atoms with Gasteiger partial charge in [0.2, 0.25) is 0 Å². The van der Waals surface area contributed by atoms with E-state index in [1.807, 2.05) is 0 Å². The Morgan fingerprint density at radius 1 is 0.778 bits per heavy atom. The van der Waals surface area contributed by atoms with Crippen LogP contribution in [0.25, 0.3) is 0 Å². The van der Waals surface area contributed by atoms with Crippen molar-refractivity contribution in [2.24, 2.45) is 0 Å². The molecule has 5 N–H and O–H groups in total. The number of carboxylic acids is 4. The number of hydrogen-bond donors (Lipinski definition) is 5. The average molecular weight is 514 g/mol. The molecule has 1 aromatic carbocycles. The molecule has 16 heteroatoms. The summed E-state index contributed by atoms with van der Waals surface area (Å²) in [7, 11) is 0. The van der Waals surface area contributed by atoms with Crippen molar-refractivity contribution in [3.8, 4) is 0 Å². The van der Waals surface area contributed by atoms with Gasteiger partial charge < -0.3 is 30.4 Å². The fourth-order valence-corrected chi connectivity index (χ4v) is 3.37. The van der Waals surface area contributed by atoms with Crippen molar-refractivity contribution >= 4 is 35.7 Å².